The van der Waals surface area contributed by atoms with Crippen molar-refractivity contribution in [2.24, 2.45) is 0 Å². The van der Waals surface area contributed by atoms with Gasteiger partial charge in [-0.3, -0.25) is 9.69 Å². The molecule has 3 N–H and O–H groups in total. The van der Waals surface area contributed by atoms with Gasteiger partial charge in [-0.25, -0.2) is 0 Å². The SMILES string of the molecule is Cc1ccc(N)cc1C(=O)NCC(C)(C)N1CCOCC1.Cl.Cl. The van der Waals surface area contributed by atoms with E-state index in [0.717, 1.165) is 31.9 Å². The molecule has 0 spiro atoms. The van der Waals surface area contributed by atoms with Crippen LogP contribution in [0.1, 0.15) is 29.8 Å². The number of hydrogen-bond donors (Lipinski definition) is 2. The van der Waals surface area contributed by atoms with Gasteiger partial charge in [-0.2, -0.15) is 0 Å². The Morgan fingerprint density at radius 2 is 1.91 bits per heavy atom. The zero-order valence-electron chi connectivity index (χ0n) is 13.9. The zero-order chi connectivity index (χ0) is 15.5. The van der Waals surface area contributed by atoms with Gasteiger partial charge in [0.1, 0.15) is 0 Å². The molecule has 1 heterocycles. The first-order valence-corrected chi connectivity index (χ1v) is 7.37. The summed E-state index contributed by atoms with van der Waals surface area (Å²) in [6, 6.07) is 5.41. The largest absolute Gasteiger partial charge is 0.399 e. The Morgan fingerprint density at radius 1 is 1.30 bits per heavy atom. The number of halogens is 2. The molecule has 1 aromatic rings. The fourth-order valence-electron chi connectivity index (χ4n) is 2.56. The molecule has 7 heteroatoms. The van der Waals surface area contributed by atoms with E-state index >= 15 is 0 Å². The van der Waals surface area contributed by atoms with Gasteiger partial charge in [0.15, 0.2) is 0 Å². The minimum atomic E-state index is -0.0896. The molecule has 0 bridgehead atoms. The quantitative estimate of drug-likeness (QED) is 0.805. The second-order valence-electron chi connectivity index (χ2n) is 6.17. The molecule has 0 radical (unpaired) electrons. The molecule has 0 unspecified atom stereocenters. The van der Waals surface area contributed by atoms with Crippen LogP contribution in [0.2, 0.25) is 0 Å². The average Bonchev–Trinajstić information content (AvgIpc) is 2.48. The maximum Gasteiger partial charge on any atom is 0.251 e. The van der Waals surface area contributed by atoms with Gasteiger partial charge in [0, 0.05) is 36.4 Å². The lowest BCUT2D eigenvalue weighted by atomic mass is 10.0. The van der Waals surface area contributed by atoms with Crippen molar-refractivity contribution >= 4 is 36.4 Å². The van der Waals surface area contributed by atoms with Crippen LogP contribution in [0.15, 0.2) is 18.2 Å². The van der Waals surface area contributed by atoms with Crippen molar-refractivity contribution in [2.75, 3.05) is 38.6 Å². The zero-order valence-corrected chi connectivity index (χ0v) is 15.6. The van der Waals surface area contributed by atoms with Crippen molar-refractivity contribution in [3.63, 3.8) is 0 Å². The third kappa shape index (κ3) is 5.84. The van der Waals surface area contributed by atoms with Crippen LogP contribution < -0.4 is 11.1 Å². The van der Waals surface area contributed by atoms with Crippen LogP contribution in [0, 0.1) is 6.92 Å². The highest BCUT2D eigenvalue weighted by molar-refractivity contribution is 5.96. The molecule has 0 atom stereocenters. The first-order valence-electron chi connectivity index (χ1n) is 7.37. The van der Waals surface area contributed by atoms with E-state index in [2.05, 4.69) is 24.1 Å². The Hall–Kier alpha value is -1.01. The monoisotopic (exact) mass is 363 g/mol. The molecular formula is C16H27Cl2N3O2. The number of nitrogens with zero attached hydrogens (tertiary/aromatic N) is 1. The Kier molecular flexibility index (Phi) is 8.92. The number of amides is 1. The van der Waals surface area contributed by atoms with E-state index in [1.54, 1.807) is 6.07 Å². The highest BCUT2D eigenvalue weighted by Crippen LogP contribution is 2.16. The second-order valence-corrected chi connectivity index (χ2v) is 6.17. The summed E-state index contributed by atoms with van der Waals surface area (Å²) in [5.74, 6) is -0.0684. The number of nitrogens with one attached hydrogen (secondary N) is 1. The van der Waals surface area contributed by atoms with Gasteiger partial charge in [0.05, 0.1) is 13.2 Å². The van der Waals surface area contributed by atoms with Crippen LogP contribution >= 0.6 is 24.8 Å². The maximum atomic E-state index is 12.3. The van der Waals surface area contributed by atoms with E-state index in [1.807, 2.05) is 19.1 Å². The number of carbonyl (C=O) groups is 1. The summed E-state index contributed by atoms with van der Waals surface area (Å²) < 4.78 is 5.38. The third-order valence-corrected chi connectivity index (χ3v) is 4.05. The van der Waals surface area contributed by atoms with Crippen LogP contribution in [-0.2, 0) is 4.74 Å². The van der Waals surface area contributed by atoms with Crippen molar-refractivity contribution in [2.45, 2.75) is 26.3 Å². The van der Waals surface area contributed by atoms with Gasteiger partial charge >= 0.3 is 0 Å². The molecular weight excluding hydrogens is 337 g/mol. The van der Waals surface area contributed by atoms with Gasteiger partial charge in [-0.15, -0.1) is 24.8 Å². The number of aryl methyl sites for hydroxylation is 1. The summed E-state index contributed by atoms with van der Waals surface area (Å²) in [4.78, 5) is 14.7. The number of rotatable bonds is 4. The van der Waals surface area contributed by atoms with Crippen LogP contribution in [0.5, 0.6) is 0 Å². The molecule has 0 aromatic heterocycles. The standard InChI is InChI=1S/C16H25N3O2.2ClH/c1-12-4-5-13(17)10-14(12)15(20)18-11-16(2,3)19-6-8-21-9-7-19;;/h4-5,10H,6-9,11,17H2,1-3H3,(H,18,20);2*1H. The highest BCUT2D eigenvalue weighted by atomic mass is 35.5. The molecule has 1 aliphatic heterocycles. The first kappa shape index (κ1) is 22.0. The second kappa shape index (κ2) is 9.33. The summed E-state index contributed by atoms with van der Waals surface area (Å²) >= 11 is 0. The fourth-order valence-corrected chi connectivity index (χ4v) is 2.56. The molecule has 132 valence electrons. The lowest BCUT2D eigenvalue weighted by molar-refractivity contribution is -0.00923. The predicted molar refractivity (Wildman–Crippen MR) is 98.9 cm³/mol. The number of nitrogens with two attached hydrogens (primary N) is 1. The minimum absolute atomic E-state index is 0. The lowest BCUT2D eigenvalue weighted by Crippen LogP contribution is -2.55. The molecule has 1 amide bonds. The Labute approximate surface area is 150 Å². The number of morpholine rings is 1. The normalized spacial score (nSPS) is 15.3. The average molecular weight is 364 g/mol. The summed E-state index contributed by atoms with van der Waals surface area (Å²) in [6.07, 6.45) is 0. The van der Waals surface area contributed by atoms with Gasteiger partial charge in [0.2, 0.25) is 0 Å². The molecule has 1 aliphatic rings. The van der Waals surface area contributed by atoms with Crippen LogP contribution in [0.25, 0.3) is 0 Å². The molecule has 2 rings (SSSR count). The molecule has 1 fully saturated rings. The van der Waals surface area contributed by atoms with Crippen molar-refractivity contribution in [1.29, 1.82) is 0 Å². The predicted octanol–water partition coefficient (Wildman–Crippen LogP) is 2.26. The number of ether oxygens (including phenoxy) is 1. The molecule has 1 aromatic carbocycles. The number of carbonyl (C=O) groups excluding carboxylic acids is 1. The number of hydrogen-bond acceptors (Lipinski definition) is 4. The Morgan fingerprint density at radius 3 is 2.52 bits per heavy atom. The molecule has 0 saturated carbocycles. The Balaban J connectivity index is 0.00000242. The smallest absolute Gasteiger partial charge is 0.251 e. The summed E-state index contributed by atoms with van der Waals surface area (Å²) in [7, 11) is 0. The lowest BCUT2D eigenvalue weighted by Gasteiger charge is -2.40. The van der Waals surface area contributed by atoms with Gasteiger partial charge in [-0.1, -0.05) is 6.07 Å². The van der Waals surface area contributed by atoms with Gasteiger partial charge in [0.25, 0.3) is 5.91 Å². The number of benzene rings is 1. The number of anilines is 1. The van der Waals surface area contributed by atoms with E-state index in [1.165, 1.54) is 0 Å². The molecule has 5 nitrogen and oxygen atoms in total. The van der Waals surface area contributed by atoms with E-state index in [9.17, 15) is 4.79 Å². The van der Waals surface area contributed by atoms with Crippen LogP contribution in [0.4, 0.5) is 5.69 Å². The molecule has 1 saturated heterocycles. The first-order chi connectivity index (χ1) is 9.90. The minimum Gasteiger partial charge on any atom is -0.399 e. The molecule has 0 aliphatic carbocycles. The van der Waals surface area contributed by atoms with Gasteiger partial charge < -0.3 is 15.8 Å². The van der Waals surface area contributed by atoms with Crippen LogP contribution in [0.3, 0.4) is 0 Å². The third-order valence-electron chi connectivity index (χ3n) is 4.05. The Bertz CT molecular complexity index is 518. The molecule has 23 heavy (non-hydrogen) atoms. The van der Waals surface area contributed by atoms with Crippen molar-refractivity contribution < 1.29 is 9.53 Å². The highest BCUT2D eigenvalue weighted by Gasteiger charge is 2.28. The maximum absolute atomic E-state index is 12.3. The summed E-state index contributed by atoms with van der Waals surface area (Å²) in [5, 5.41) is 3.03. The van der Waals surface area contributed by atoms with E-state index < -0.39 is 0 Å². The van der Waals surface area contributed by atoms with Crippen LogP contribution in [-0.4, -0.2) is 49.2 Å². The fraction of sp³-hybridized carbons (Fsp3) is 0.562. The van der Waals surface area contributed by atoms with E-state index in [0.29, 0.717) is 17.8 Å². The number of nitrogen functional groups attached to an aromatic ring is 1. The van der Waals surface area contributed by atoms with Crippen molar-refractivity contribution in [3.05, 3.63) is 29.3 Å². The van der Waals surface area contributed by atoms with Crippen molar-refractivity contribution in [3.8, 4) is 0 Å². The van der Waals surface area contributed by atoms with E-state index in [4.69, 9.17) is 10.5 Å². The van der Waals surface area contributed by atoms with Gasteiger partial charge in [-0.05, 0) is 38.5 Å². The van der Waals surface area contributed by atoms with Crippen molar-refractivity contribution in [1.82, 2.24) is 10.2 Å². The van der Waals surface area contributed by atoms with E-state index in [-0.39, 0.29) is 36.3 Å². The topological polar surface area (TPSA) is 67.6 Å². The summed E-state index contributed by atoms with van der Waals surface area (Å²) in [6.45, 7) is 10.1. The summed E-state index contributed by atoms with van der Waals surface area (Å²) in [5.41, 5.74) is 7.86.